The van der Waals surface area contributed by atoms with Gasteiger partial charge >= 0.3 is 0 Å². The molecule has 192 valence electrons. The van der Waals surface area contributed by atoms with Crippen LogP contribution in [0.15, 0.2) is 54.6 Å². The van der Waals surface area contributed by atoms with E-state index in [1.807, 2.05) is 31.2 Å². The summed E-state index contributed by atoms with van der Waals surface area (Å²) in [4.78, 5) is 0. The van der Waals surface area contributed by atoms with Gasteiger partial charge in [0.25, 0.3) is 0 Å². The maximum Gasteiger partial charge on any atom is 0.167 e. The van der Waals surface area contributed by atoms with Crippen LogP contribution < -0.4 is 4.74 Å². The monoisotopic (exact) mass is 496 g/mol. The Morgan fingerprint density at radius 1 is 0.833 bits per heavy atom. The molecule has 0 spiro atoms. The third-order valence-electron chi connectivity index (χ3n) is 7.10. The Morgan fingerprint density at radius 2 is 1.58 bits per heavy atom. The van der Waals surface area contributed by atoms with Gasteiger partial charge in [0, 0.05) is 17.2 Å². The Hall–Kier alpha value is -2.79. The van der Waals surface area contributed by atoms with E-state index in [9.17, 15) is 13.2 Å². The van der Waals surface area contributed by atoms with Gasteiger partial charge in [0.1, 0.15) is 11.6 Å². The van der Waals surface area contributed by atoms with E-state index in [0.29, 0.717) is 23.5 Å². The minimum Gasteiger partial charge on any atom is -0.493 e. The molecule has 0 saturated heterocycles. The summed E-state index contributed by atoms with van der Waals surface area (Å²) < 4.78 is 55.8. The number of unbranched alkanes of at least 4 members (excludes halogenated alkanes) is 2. The number of rotatable bonds is 10. The van der Waals surface area contributed by atoms with E-state index < -0.39 is 11.6 Å². The molecule has 36 heavy (non-hydrogen) atoms. The van der Waals surface area contributed by atoms with Gasteiger partial charge in [-0.05, 0) is 62.1 Å². The van der Waals surface area contributed by atoms with Crippen LogP contribution in [0.3, 0.4) is 0 Å². The lowest BCUT2D eigenvalue weighted by Crippen LogP contribution is -2.21. The molecule has 1 aliphatic rings. The highest BCUT2D eigenvalue weighted by molar-refractivity contribution is 5.65. The van der Waals surface area contributed by atoms with E-state index >= 15 is 0 Å². The lowest BCUT2D eigenvalue weighted by atomic mass is 9.82. The minimum atomic E-state index is -0.860. The standard InChI is InChI=1S/C31H35F3O2/c1-3-4-5-18-35-26-15-17-27(29(32)19-26)22-10-13-25(14-11-22)36-20-24-12-16-28(31(34)30(24)33)23-8-6-21(2)7-9-23/h6-9,12,15-17,19,22,25H,3-5,10-11,13-14,18,20H2,1-2H3. The van der Waals surface area contributed by atoms with Crippen molar-refractivity contribution in [3.63, 3.8) is 0 Å². The van der Waals surface area contributed by atoms with Crippen molar-refractivity contribution < 1.29 is 22.6 Å². The SMILES string of the molecule is CCCCCOc1ccc(C2CCC(OCc3ccc(-c4ccc(C)cc4)c(F)c3F)CC2)c(F)c1. The maximum absolute atomic E-state index is 14.8. The van der Waals surface area contributed by atoms with Gasteiger partial charge in [0.05, 0.1) is 19.3 Å². The van der Waals surface area contributed by atoms with E-state index in [2.05, 4.69) is 6.92 Å². The van der Waals surface area contributed by atoms with E-state index in [4.69, 9.17) is 9.47 Å². The van der Waals surface area contributed by atoms with Crippen molar-refractivity contribution in [3.8, 4) is 16.9 Å². The third-order valence-corrected chi connectivity index (χ3v) is 7.10. The number of ether oxygens (including phenoxy) is 2. The molecule has 0 amide bonds. The first-order chi connectivity index (χ1) is 17.5. The van der Waals surface area contributed by atoms with E-state index in [0.717, 1.165) is 50.5 Å². The molecule has 0 N–H and O–H groups in total. The summed E-state index contributed by atoms with van der Waals surface area (Å²) in [6, 6.07) is 15.7. The molecular weight excluding hydrogens is 461 g/mol. The molecule has 0 bridgehead atoms. The van der Waals surface area contributed by atoms with Crippen molar-refractivity contribution in [1.82, 2.24) is 0 Å². The molecule has 3 aromatic carbocycles. The predicted octanol–water partition coefficient (Wildman–Crippen LogP) is 8.89. The summed E-state index contributed by atoms with van der Waals surface area (Å²) in [5.74, 6) is -1.23. The quantitative estimate of drug-likeness (QED) is 0.261. The van der Waals surface area contributed by atoms with Gasteiger partial charge in [-0.2, -0.15) is 0 Å². The average Bonchev–Trinajstić information content (AvgIpc) is 2.89. The van der Waals surface area contributed by atoms with Crippen LogP contribution in [-0.2, 0) is 11.3 Å². The summed E-state index contributed by atoms with van der Waals surface area (Å²) in [7, 11) is 0. The molecule has 1 aliphatic carbocycles. The molecule has 5 heteroatoms. The Labute approximate surface area is 212 Å². The second-order valence-electron chi connectivity index (χ2n) is 9.79. The third kappa shape index (κ3) is 6.50. The van der Waals surface area contributed by atoms with Crippen LogP contribution in [0, 0.1) is 24.4 Å². The molecule has 0 heterocycles. The van der Waals surface area contributed by atoms with Crippen LogP contribution in [0.4, 0.5) is 13.2 Å². The summed E-state index contributed by atoms with van der Waals surface area (Å²) in [6.45, 7) is 4.71. The van der Waals surface area contributed by atoms with Gasteiger partial charge in [0.2, 0.25) is 0 Å². The van der Waals surface area contributed by atoms with Crippen LogP contribution in [0.5, 0.6) is 5.75 Å². The summed E-state index contributed by atoms with van der Waals surface area (Å²) in [5.41, 5.74) is 2.88. The molecule has 1 fully saturated rings. The maximum atomic E-state index is 14.8. The Morgan fingerprint density at radius 3 is 2.28 bits per heavy atom. The highest BCUT2D eigenvalue weighted by atomic mass is 19.2. The first kappa shape index (κ1) is 26.3. The molecule has 3 aromatic rings. The molecule has 0 unspecified atom stereocenters. The lowest BCUT2D eigenvalue weighted by molar-refractivity contribution is 0.0117. The molecule has 0 radical (unpaired) electrons. The number of benzene rings is 3. The molecular formula is C31H35F3O2. The van der Waals surface area contributed by atoms with E-state index in [1.165, 1.54) is 6.07 Å². The van der Waals surface area contributed by atoms with Gasteiger partial charge in [-0.1, -0.05) is 67.8 Å². The minimum absolute atomic E-state index is 0.0185. The topological polar surface area (TPSA) is 18.5 Å². The normalized spacial score (nSPS) is 17.8. The van der Waals surface area contributed by atoms with Crippen LogP contribution in [0.2, 0.25) is 0 Å². The number of hydrogen-bond donors (Lipinski definition) is 0. The Balaban J connectivity index is 1.29. The van der Waals surface area contributed by atoms with Crippen molar-refractivity contribution in [2.24, 2.45) is 0 Å². The van der Waals surface area contributed by atoms with Crippen LogP contribution in [0.25, 0.3) is 11.1 Å². The smallest absolute Gasteiger partial charge is 0.167 e. The van der Waals surface area contributed by atoms with Gasteiger partial charge < -0.3 is 9.47 Å². The van der Waals surface area contributed by atoms with E-state index in [-0.39, 0.29) is 35.6 Å². The van der Waals surface area contributed by atoms with Crippen LogP contribution >= 0.6 is 0 Å². The van der Waals surface area contributed by atoms with E-state index in [1.54, 1.807) is 24.3 Å². The molecule has 0 aromatic heterocycles. The first-order valence-corrected chi connectivity index (χ1v) is 13.0. The van der Waals surface area contributed by atoms with Crippen molar-refractivity contribution in [3.05, 3.63) is 88.7 Å². The summed E-state index contributed by atoms with van der Waals surface area (Å²) in [6.07, 6.45) is 6.24. The zero-order valence-electron chi connectivity index (χ0n) is 21.2. The molecule has 2 nitrogen and oxygen atoms in total. The van der Waals surface area contributed by atoms with Gasteiger partial charge in [0.15, 0.2) is 11.6 Å². The van der Waals surface area contributed by atoms with Crippen LogP contribution in [0.1, 0.15) is 74.5 Å². The van der Waals surface area contributed by atoms with Crippen molar-refractivity contribution in [1.29, 1.82) is 0 Å². The van der Waals surface area contributed by atoms with Gasteiger partial charge in [-0.25, -0.2) is 13.2 Å². The molecule has 0 aliphatic heterocycles. The fourth-order valence-corrected chi connectivity index (χ4v) is 4.88. The van der Waals surface area contributed by atoms with Crippen molar-refractivity contribution in [2.45, 2.75) is 77.4 Å². The number of halogens is 3. The molecule has 1 saturated carbocycles. The van der Waals surface area contributed by atoms with Crippen molar-refractivity contribution in [2.75, 3.05) is 6.61 Å². The molecule has 4 rings (SSSR count). The second kappa shape index (κ2) is 12.4. The van der Waals surface area contributed by atoms with Gasteiger partial charge in [-0.15, -0.1) is 0 Å². The second-order valence-corrected chi connectivity index (χ2v) is 9.79. The Kier molecular flexibility index (Phi) is 9.08. The zero-order valence-corrected chi connectivity index (χ0v) is 21.2. The lowest BCUT2D eigenvalue weighted by Gasteiger charge is -2.29. The molecule has 0 atom stereocenters. The summed E-state index contributed by atoms with van der Waals surface area (Å²) in [5, 5.41) is 0. The number of aryl methyl sites for hydroxylation is 1. The largest absolute Gasteiger partial charge is 0.493 e. The highest BCUT2D eigenvalue weighted by Gasteiger charge is 2.25. The van der Waals surface area contributed by atoms with Gasteiger partial charge in [-0.3, -0.25) is 0 Å². The average molecular weight is 497 g/mol. The fourth-order valence-electron chi connectivity index (χ4n) is 4.88. The Bertz CT molecular complexity index is 1140. The first-order valence-electron chi connectivity index (χ1n) is 13.0. The number of hydrogen-bond acceptors (Lipinski definition) is 2. The van der Waals surface area contributed by atoms with Crippen molar-refractivity contribution >= 4 is 0 Å². The summed E-state index contributed by atoms with van der Waals surface area (Å²) >= 11 is 0. The fraction of sp³-hybridized carbons (Fsp3) is 0.419. The highest BCUT2D eigenvalue weighted by Crippen LogP contribution is 2.37. The van der Waals surface area contributed by atoms with Crippen LogP contribution in [-0.4, -0.2) is 12.7 Å². The zero-order chi connectivity index (χ0) is 25.5. The predicted molar refractivity (Wildman–Crippen MR) is 138 cm³/mol.